The van der Waals surface area contributed by atoms with E-state index in [0.717, 1.165) is 6.42 Å². The molecule has 0 heterocycles. The van der Waals surface area contributed by atoms with Crippen LogP contribution in [-0.2, 0) is 17.4 Å². The average molecular weight is 200 g/mol. The van der Waals surface area contributed by atoms with Gasteiger partial charge in [0.1, 0.15) is 0 Å². The van der Waals surface area contributed by atoms with Crippen LogP contribution in [-0.4, -0.2) is 11.0 Å². The zero-order valence-electron chi connectivity index (χ0n) is 7.26. The molecule has 1 nitrogen and oxygen atoms in total. The largest absolute Gasteiger partial charge is 1.00 e. The van der Waals surface area contributed by atoms with Crippen molar-refractivity contribution in [3.05, 3.63) is 0 Å². The Hall–Kier alpha value is 1.11. The van der Waals surface area contributed by atoms with Crippen LogP contribution in [0.2, 0.25) is 0 Å². The molecule has 0 fully saturated rings. The summed E-state index contributed by atoms with van der Waals surface area (Å²) < 4.78 is 5.18. The fraction of sp³-hybridized carbons (Fsp3) is 0.857. The van der Waals surface area contributed by atoms with Crippen LogP contribution in [0.15, 0.2) is 0 Å². The predicted molar refractivity (Wildman–Crippen MR) is 50.1 cm³/mol. The van der Waals surface area contributed by atoms with Gasteiger partial charge in [0, 0.05) is 4.38 Å². The smallest absolute Gasteiger partial charge is 0.514 e. The van der Waals surface area contributed by atoms with Crippen LogP contribution < -0.4 is 29.6 Å². The molecule has 0 rings (SSSR count). The van der Waals surface area contributed by atoms with Crippen LogP contribution in [0.1, 0.15) is 32.6 Å². The molecular formula is C7H13NaOS2. The molecule has 0 aliphatic heterocycles. The molecule has 0 saturated carbocycles. The quantitative estimate of drug-likeness (QED) is 0.254. The molecule has 0 unspecified atom stereocenters. The second-order valence-corrected chi connectivity index (χ2v) is 3.16. The van der Waals surface area contributed by atoms with Gasteiger partial charge in [-0.05, 0) is 6.42 Å². The van der Waals surface area contributed by atoms with Gasteiger partial charge in [-0.1, -0.05) is 26.2 Å². The monoisotopic (exact) mass is 200 g/mol. The summed E-state index contributed by atoms with van der Waals surface area (Å²) in [4.78, 5) is 0. The summed E-state index contributed by atoms with van der Waals surface area (Å²) in [5, 5.41) is 0. The molecule has 0 aromatic carbocycles. The van der Waals surface area contributed by atoms with E-state index in [4.69, 9.17) is 4.74 Å². The van der Waals surface area contributed by atoms with Gasteiger partial charge >= 0.3 is 29.6 Å². The molecule has 0 atom stereocenters. The molecular weight excluding hydrogens is 187 g/mol. The van der Waals surface area contributed by atoms with Crippen LogP contribution in [0.4, 0.5) is 0 Å². The van der Waals surface area contributed by atoms with Gasteiger partial charge in [-0.25, -0.2) is 0 Å². The van der Waals surface area contributed by atoms with E-state index >= 15 is 0 Å². The van der Waals surface area contributed by atoms with Gasteiger partial charge < -0.3 is 29.6 Å². The van der Waals surface area contributed by atoms with Crippen molar-refractivity contribution >= 4 is 29.2 Å². The molecule has 0 aliphatic carbocycles. The Kier molecular flexibility index (Phi) is 14.8. The predicted octanol–water partition coefficient (Wildman–Crippen LogP) is -0.581. The van der Waals surface area contributed by atoms with Crippen LogP contribution in [0, 0.1) is 0 Å². The molecule has 0 amide bonds. The maximum atomic E-state index is 4.93. The number of unbranched alkanes of at least 4 members (excludes halogenated alkanes) is 3. The first-order valence-corrected chi connectivity index (χ1v) is 4.42. The van der Waals surface area contributed by atoms with Crippen molar-refractivity contribution in [2.45, 2.75) is 32.6 Å². The van der Waals surface area contributed by atoms with Crippen molar-refractivity contribution in [1.82, 2.24) is 0 Å². The Morgan fingerprint density at radius 3 is 2.45 bits per heavy atom. The second-order valence-electron chi connectivity index (χ2n) is 2.16. The number of hydrogen-bond acceptors (Lipinski definition) is 3. The minimum atomic E-state index is 0. The zero-order chi connectivity index (χ0) is 7.82. The van der Waals surface area contributed by atoms with Crippen molar-refractivity contribution in [2.75, 3.05) is 6.61 Å². The number of ether oxygens (including phenoxy) is 1. The Labute approximate surface area is 102 Å². The SMILES string of the molecule is CCCCCCOC(=S)[S-].[Na+]. The van der Waals surface area contributed by atoms with Gasteiger partial charge in [-0.2, -0.15) is 0 Å². The van der Waals surface area contributed by atoms with Crippen LogP contribution in [0.3, 0.4) is 0 Å². The topological polar surface area (TPSA) is 9.23 Å². The maximum Gasteiger partial charge on any atom is 1.00 e. The average Bonchev–Trinajstić information content (AvgIpc) is 1.87. The first-order chi connectivity index (χ1) is 4.77. The van der Waals surface area contributed by atoms with E-state index in [0.29, 0.717) is 6.61 Å². The number of thiocarbonyl (C=S) groups is 1. The molecule has 0 aliphatic rings. The summed E-state index contributed by atoms with van der Waals surface area (Å²) in [5.74, 6) is 0. The maximum absolute atomic E-state index is 4.93. The van der Waals surface area contributed by atoms with E-state index in [-0.39, 0.29) is 33.9 Å². The molecule has 0 spiro atoms. The fourth-order valence-corrected chi connectivity index (χ4v) is 0.851. The van der Waals surface area contributed by atoms with Crippen molar-refractivity contribution in [3.8, 4) is 0 Å². The summed E-state index contributed by atoms with van der Waals surface area (Å²) in [6, 6.07) is 0. The van der Waals surface area contributed by atoms with Crippen LogP contribution in [0.5, 0.6) is 0 Å². The molecule has 4 heteroatoms. The Balaban J connectivity index is 0. The molecule has 0 N–H and O–H groups in total. The molecule has 0 radical (unpaired) electrons. The van der Waals surface area contributed by atoms with Crippen LogP contribution in [0.25, 0.3) is 0 Å². The molecule has 0 aromatic rings. The van der Waals surface area contributed by atoms with Crippen molar-refractivity contribution in [3.63, 3.8) is 0 Å². The van der Waals surface area contributed by atoms with Gasteiger partial charge in [0.2, 0.25) is 0 Å². The summed E-state index contributed by atoms with van der Waals surface area (Å²) in [7, 11) is 0. The third-order valence-electron chi connectivity index (χ3n) is 1.22. The van der Waals surface area contributed by atoms with Gasteiger partial charge in [0.25, 0.3) is 0 Å². The summed E-state index contributed by atoms with van der Waals surface area (Å²) in [5.41, 5.74) is 0. The molecule has 0 aromatic heterocycles. The van der Waals surface area contributed by atoms with E-state index in [9.17, 15) is 0 Å². The molecule has 60 valence electrons. The third kappa shape index (κ3) is 14.0. The zero-order valence-corrected chi connectivity index (χ0v) is 10.9. The summed E-state index contributed by atoms with van der Waals surface area (Å²) >= 11 is 9.13. The minimum absolute atomic E-state index is 0. The Morgan fingerprint density at radius 1 is 1.36 bits per heavy atom. The Bertz CT molecular complexity index is 98.4. The molecule has 0 saturated heterocycles. The van der Waals surface area contributed by atoms with Crippen molar-refractivity contribution in [1.29, 1.82) is 0 Å². The standard InChI is InChI=1S/C7H14OS2.Na/c1-2-3-4-5-6-8-7(9)10;/h2-6H2,1H3,(H,9,10);/q;+1/p-1. The second kappa shape index (κ2) is 11.1. The van der Waals surface area contributed by atoms with Gasteiger partial charge in [0.15, 0.2) is 0 Å². The van der Waals surface area contributed by atoms with Crippen molar-refractivity contribution in [2.24, 2.45) is 0 Å². The first kappa shape index (κ1) is 14.6. The van der Waals surface area contributed by atoms with Gasteiger partial charge in [0.05, 0.1) is 6.61 Å². The van der Waals surface area contributed by atoms with E-state index < -0.39 is 0 Å². The minimum Gasteiger partial charge on any atom is -0.514 e. The van der Waals surface area contributed by atoms with E-state index in [2.05, 4.69) is 31.8 Å². The molecule has 0 bridgehead atoms. The van der Waals surface area contributed by atoms with E-state index in [1.165, 1.54) is 19.3 Å². The van der Waals surface area contributed by atoms with Gasteiger partial charge in [-0.3, -0.25) is 0 Å². The van der Waals surface area contributed by atoms with E-state index in [1.807, 2.05) is 0 Å². The summed E-state index contributed by atoms with van der Waals surface area (Å²) in [6.45, 7) is 2.88. The first-order valence-electron chi connectivity index (χ1n) is 3.61. The van der Waals surface area contributed by atoms with Gasteiger partial charge in [-0.15, -0.1) is 0 Å². The Morgan fingerprint density at radius 2 is 2.00 bits per heavy atom. The third-order valence-corrected chi connectivity index (χ3v) is 1.45. The number of rotatable bonds is 5. The van der Waals surface area contributed by atoms with Crippen molar-refractivity contribution < 1.29 is 34.3 Å². The number of hydrogen-bond donors (Lipinski definition) is 0. The fourth-order valence-electron chi connectivity index (χ4n) is 0.684. The normalized spacial score (nSPS) is 8.45. The molecule has 11 heavy (non-hydrogen) atoms. The van der Waals surface area contributed by atoms with Crippen LogP contribution >= 0.6 is 12.2 Å². The van der Waals surface area contributed by atoms with E-state index in [1.54, 1.807) is 0 Å². The summed E-state index contributed by atoms with van der Waals surface area (Å²) in [6.07, 6.45) is 4.81.